The molecule has 4 nitrogen and oxygen atoms in total. The maximum Gasteiger partial charge on any atom is 0.222 e. The topological polar surface area (TPSA) is 68.0 Å². The average molecular weight is 287 g/mol. The van der Waals surface area contributed by atoms with Crippen molar-refractivity contribution in [3.63, 3.8) is 0 Å². The van der Waals surface area contributed by atoms with E-state index >= 15 is 0 Å². The van der Waals surface area contributed by atoms with Crippen LogP contribution >= 0.6 is 0 Å². The molecular weight excluding hydrogens is 269 g/mol. The Hall–Kier alpha value is -2.43. The van der Waals surface area contributed by atoms with E-state index in [-0.39, 0.29) is 17.6 Å². The number of halogens is 1. The van der Waals surface area contributed by atoms with Crippen molar-refractivity contribution in [1.82, 2.24) is 4.98 Å². The Morgan fingerprint density at radius 1 is 1.33 bits per heavy atom. The Bertz CT molecular complexity index is 613. The van der Waals surface area contributed by atoms with Crippen LogP contribution in [-0.4, -0.2) is 17.4 Å². The molecule has 110 valence electrons. The van der Waals surface area contributed by atoms with E-state index in [9.17, 15) is 9.18 Å². The molecule has 5 heteroatoms. The van der Waals surface area contributed by atoms with Crippen molar-refractivity contribution < 1.29 is 9.18 Å². The number of rotatable bonds is 6. The minimum atomic E-state index is -0.389. The van der Waals surface area contributed by atoms with E-state index in [0.29, 0.717) is 18.8 Å². The number of anilines is 1. The van der Waals surface area contributed by atoms with Gasteiger partial charge in [0, 0.05) is 12.7 Å². The molecule has 1 aromatic carbocycles. The van der Waals surface area contributed by atoms with Crippen LogP contribution < -0.4 is 11.1 Å². The first-order valence-corrected chi connectivity index (χ1v) is 6.75. The molecule has 0 aliphatic rings. The molecule has 0 bridgehead atoms. The molecule has 0 spiro atoms. The van der Waals surface area contributed by atoms with Crippen molar-refractivity contribution in [3.05, 3.63) is 59.5 Å². The molecular formula is C16H18FN3O. The Labute approximate surface area is 123 Å². The molecule has 0 radical (unpaired) electrons. The van der Waals surface area contributed by atoms with Crippen molar-refractivity contribution in [2.45, 2.75) is 13.3 Å². The van der Waals surface area contributed by atoms with Crippen LogP contribution in [0.15, 0.2) is 42.6 Å². The van der Waals surface area contributed by atoms with Gasteiger partial charge in [-0.25, -0.2) is 9.37 Å². The number of aryl methyl sites for hydroxylation is 1. The van der Waals surface area contributed by atoms with Gasteiger partial charge in [0.1, 0.15) is 11.6 Å². The first-order valence-electron chi connectivity index (χ1n) is 6.75. The van der Waals surface area contributed by atoms with Crippen LogP contribution in [0, 0.1) is 18.7 Å². The van der Waals surface area contributed by atoms with E-state index in [1.807, 2.05) is 19.1 Å². The Morgan fingerprint density at radius 3 is 2.67 bits per heavy atom. The lowest BCUT2D eigenvalue weighted by molar-refractivity contribution is -0.121. The quantitative estimate of drug-likeness (QED) is 0.856. The third-order valence-corrected chi connectivity index (χ3v) is 3.24. The molecule has 3 N–H and O–H groups in total. The molecule has 1 unspecified atom stereocenters. The maximum absolute atomic E-state index is 12.9. The first-order chi connectivity index (χ1) is 10.0. The van der Waals surface area contributed by atoms with E-state index in [1.165, 1.54) is 12.1 Å². The standard InChI is InChI=1S/C16H18FN3O/c1-11-6-7-19-15(8-11)20-10-13(16(18)21)9-12-2-4-14(17)5-3-12/h2-8,13H,9-10H2,1H3,(H2,18,21)(H,19,20). The summed E-state index contributed by atoms with van der Waals surface area (Å²) >= 11 is 0. The second-order valence-electron chi connectivity index (χ2n) is 5.03. The number of nitrogens with zero attached hydrogens (tertiary/aromatic N) is 1. The maximum atomic E-state index is 12.9. The number of hydrogen-bond donors (Lipinski definition) is 2. The zero-order chi connectivity index (χ0) is 15.2. The molecule has 2 aromatic rings. The zero-order valence-corrected chi connectivity index (χ0v) is 11.8. The van der Waals surface area contributed by atoms with Gasteiger partial charge in [-0.1, -0.05) is 12.1 Å². The highest BCUT2D eigenvalue weighted by molar-refractivity contribution is 5.77. The summed E-state index contributed by atoms with van der Waals surface area (Å²) in [5.74, 6) is -0.353. The van der Waals surface area contributed by atoms with Crippen LogP contribution in [0.3, 0.4) is 0 Å². The molecule has 0 saturated carbocycles. The van der Waals surface area contributed by atoms with Crippen LogP contribution in [0.1, 0.15) is 11.1 Å². The minimum Gasteiger partial charge on any atom is -0.369 e. The third kappa shape index (κ3) is 4.56. The van der Waals surface area contributed by atoms with Gasteiger partial charge < -0.3 is 11.1 Å². The molecule has 0 saturated heterocycles. The summed E-state index contributed by atoms with van der Waals surface area (Å²) in [6.07, 6.45) is 2.17. The van der Waals surface area contributed by atoms with Crippen LogP contribution in [0.4, 0.5) is 10.2 Å². The molecule has 0 aliphatic heterocycles. The summed E-state index contributed by atoms with van der Waals surface area (Å²) in [5.41, 5.74) is 7.39. The molecule has 1 aromatic heterocycles. The second-order valence-corrected chi connectivity index (χ2v) is 5.03. The first kappa shape index (κ1) is 15.0. The fraction of sp³-hybridized carbons (Fsp3) is 0.250. The Kier molecular flexibility index (Phi) is 4.87. The van der Waals surface area contributed by atoms with Gasteiger partial charge in [-0.2, -0.15) is 0 Å². The molecule has 0 aliphatic carbocycles. The van der Waals surface area contributed by atoms with Crippen LogP contribution in [0.5, 0.6) is 0 Å². The van der Waals surface area contributed by atoms with Crippen molar-refractivity contribution in [2.24, 2.45) is 11.7 Å². The fourth-order valence-corrected chi connectivity index (χ4v) is 2.04. The van der Waals surface area contributed by atoms with Gasteiger partial charge in [0.15, 0.2) is 0 Å². The highest BCUT2D eigenvalue weighted by Crippen LogP contribution is 2.12. The summed E-state index contributed by atoms with van der Waals surface area (Å²) in [6, 6.07) is 9.88. The lowest BCUT2D eigenvalue weighted by Crippen LogP contribution is -2.31. The van der Waals surface area contributed by atoms with E-state index in [0.717, 1.165) is 11.1 Å². The van der Waals surface area contributed by atoms with Crippen LogP contribution in [0.25, 0.3) is 0 Å². The van der Waals surface area contributed by atoms with E-state index in [4.69, 9.17) is 5.73 Å². The molecule has 1 heterocycles. The largest absolute Gasteiger partial charge is 0.369 e. The Balaban J connectivity index is 1.99. The monoisotopic (exact) mass is 287 g/mol. The summed E-state index contributed by atoms with van der Waals surface area (Å²) < 4.78 is 12.9. The highest BCUT2D eigenvalue weighted by Gasteiger charge is 2.16. The van der Waals surface area contributed by atoms with Gasteiger partial charge in [-0.3, -0.25) is 4.79 Å². The number of nitrogens with two attached hydrogens (primary N) is 1. The van der Waals surface area contributed by atoms with Gasteiger partial charge >= 0.3 is 0 Å². The number of carbonyl (C=O) groups is 1. The fourth-order valence-electron chi connectivity index (χ4n) is 2.04. The van der Waals surface area contributed by atoms with Gasteiger partial charge in [0.05, 0.1) is 5.92 Å². The second kappa shape index (κ2) is 6.83. The number of nitrogens with one attached hydrogen (secondary N) is 1. The molecule has 1 amide bonds. The van der Waals surface area contributed by atoms with Crippen LogP contribution in [0.2, 0.25) is 0 Å². The lowest BCUT2D eigenvalue weighted by Gasteiger charge is -2.15. The van der Waals surface area contributed by atoms with Crippen molar-refractivity contribution in [1.29, 1.82) is 0 Å². The number of pyridine rings is 1. The number of primary amides is 1. The van der Waals surface area contributed by atoms with Crippen molar-refractivity contribution in [2.75, 3.05) is 11.9 Å². The van der Waals surface area contributed by atoms with E-state index in [2.05, 4.69) is 10.3 Å². The number of carbonyl (C=O) groups excluding carboxylic acids is 1. The van der Waals surface area contributed by atoms with E-state index in [1.54, 1.807) is 18.3 Å². The minimum absolute atomic E-state index is 0.295. The van der Waals surface area contributed by atoms with Crippen LogP contribution in [-0.2, 0) is 11.2 Å². The summed E-state index contributed by atoms with van der Waals surface area (Å²) in [5, 5.41) is 3.11. The smallest absolute Gasteiger partial charge is 0.222 e. The summed E-state index contributed by atoms with van der Waals surface area (Å²) in [6.45, 7) is 2.36. The number of hydrogen-bond acceptors (Lipinski definition) is 3. The summed E-state index contributed by atoms with van der Waals surface area (Å²) in [7, 11) is 0. The van der Waals surface area contributed by atoms with Gasteiger partial charge in [0.2, 0.25) is 5.91 Å². The van der Waals surface area contributed by atoms with Gasteiger partial charge in [0.25, 0.3) is 0 Å². The summed E-state index contributed by atoms with van der Waals surface area (Å²) in [4.78, 5) is 15.7. The van der Waals surface area contributed by atoms with Crippen molar-refractivity contribution in [3.8, 4) is 0 Å². The highest BCUT2D eigenvalue weighted by atomic mass is 19.1. The predicted octanol–water partition coefficient (Wildman–Crippen LogP) is 2.29. The van der Waals surface area contributed by atoms with Gasteiger partial charge in [-0.05, 0) is 48.7 Å². The molecule has 0 fully saturated rings. The molecule has 1 atom stereocenters. The normalized spacial score (nSPS) is 11.9. The molecule has 2 rings (SSSR count). The molecule has 21 heavy (non-hydrogen) atoms. The predicted molar refractivity (Wildman–Crippen MR) is 80.3 cm³/mol. The zero-order valence-electron chi connectivity index (χ0n) is 11.8. The average Bonchev–Trinajstić information content (AvgIpc) is 2.45. The number of benzene rings is 1. The van der Waals surface area contributed by atoms with E-state index < -0.39 is 0 Å². The van der Waals surface area contributed by atoms with Crippen molar-refractivity contribution >= 4 is 11.7 Å². The number of aromatic nitrogens is 1. The number of amides is 1. The third-order valence-electron chi connectivity index (χ3n) is 3.24. The Morgan fingerprint density at radius 2 is 2.05 bits per heavy atom. The van der Waals surface area contributed by atoms with Gasteiger partial charge in [-0.15, -0.1) is 0 Å². The lowest BCUT2D eigenvalue weighted by atomic mass is 9.98. The SMILES string of the molecule is Cc1ccnc(NCC(Cc2ccc(F)cc2)C(N)=O)c1.